The third kappa shape index (κ3) is 3.87. The Morgan fingerprint density at radius 3 is 2.53 bits per heavy atom. The van der Waals surface area contributed by atoms with Gasteiger partial charge in [0.05, 0.1) is 22.7 Å². The van der Waals surface area contributed by atoms with Gasteiger partial charge in [0.15, 0.2) is 0 Å². The Morgan fingerprint density at radius 2 is 1.80 bits per heavy atom. The molecule has 0 saturated carbocycles. The number of aromatic hydroxyl groups is 1. The average molecular weight is 424 g/mol. The van der Waals surface area contributed by atoms with Crippen molar-refractivity contribution in [2.75, 3.05) is 0 Å². The average Bonchev–Trinajstić information content (AvgIpc) is 3.29. The molecule has 9 heteroatoms. The number of benzene rings is 2. The van der Waals surface area contributed by atoms with Gasteiger partial charge in [0, 0.05) is 5.39 Å². The van der Waals surface area contributed by atoms with Crippen molar-refractivity contribution in [1.29, 1.82) is 0 Å². The molecule has 0 saturated heterocycles. The molecule has 4 rings (SSSR count). The summed E-state index contributed by atoms with van der Waals surface area (Å²) in [5.41, 5.74) is 6.36. The van der Waals surface area contributed by atoms with Crippen molar-refractivity contribution in [2.45, 2.75) is 13.5 Å². The van der Waals surface area contributed by atoms with E-state index >= 15 is 0 Å². The third-order valence-corrected chi connectivity index (χ3v) is 5.66. The second-order valence-electron chi connectivity index (χ2n) is 6.62. The predicted octanol–water partition coefficient (Wildman–Crippen LogP) is 3.37. The van der Waals surface area contributed by atoms with E-state index < -0.39 is 11.8 Å². The lowest BCUT2D eigenvalue weighted by Crippen LogP contribution is -2.41. The number of thiophene rings is 1. The van der Waals surface area contributed by atoms with E-state index in [9.17, 15) is 19.1 Å². The highest BCUT2D eigenvalue weighted by Gasteiger charge is 2.18. The van der Waals surface area contributed by atoms with Gasteiger partial charge in [0.25, 0.3) is 11.8 Å². The summed E-state index contributed by atoms with van der Waals surface area (Å²) in [6, 6.07) is 13.9. The van der Waals surface area contributed by atoms with Gasteiger partial charge in [-0.25, -0.2) is 4.39 Å². The van der Waals surface area contributed by atoms with Gasteiger partial charge in [-0.05, 0) is 42.8 Å². The van der Waals surface area contributed by atoms with Crippen molar-refractivity contribution in [1.82, 2.24) is 20.6 Å². The normalized spacial score (nSPS) is 10.9. The first-order chi connectivity index (χ1) is 14.4. The molecule has 0 aliphatic rings. The lowest BCUT2D eigenvalue weighted by Gasteiger charge is -2.07. The van der Waals surface area contributed by atoms with Crippen molar-refractivity contribution >= 4 is 33.4 Å². The van der Waals surface area contributed by atoms with Gasteiger partial charge in [-0.2, -0.15) is 5.10 Å². The number of hydrogen-bond donors (Lipinski definition) is 3. The molecule has 0 aliphatic heterocycles. The molecule has 152 valence electrons. The van der Waals surface area contributed by atoms with Crippen LogP contribution in [0.4, 0.5) is 4.39 Å². The minimum Gasteiger partial charge on any atom is -0.507 e. The zero-order valence-electron chi connectivity index (χ0n) is 15.8. The topological polar surface area (TPSA) is 96.3 Å². The highest BCUT2D eigenvalue weighted by Crippen LogP contribution is 2.29. The molecule has 4 aromatic rings. The van der Waals surface area contributed by atoms with Gasteiger partial charge in [-0.1, -0.05) is 24.3 Å². The van der Waals surface area contributed by atoms with Crippen LogP contribution in [0.5, 0.6) is 5.75 Å². The summed E-state index contributed by atoms with van der Waals surface area (Å²) < 4.78 is 14.9. The summed E-state index contributed by atoms with van der Waals surface area (Å²) in [5, 5.41) is 15.1. The summed E-state index contributed by atoms with van der Waals surface area (Å²) >= 11 is 1.24. The standard InChI is InChI=1S/C21H17FN4O3S/c1-12-16-10-18(20(29)24-23-19(28)15-4-2-3-5-17(15)27)30-21(16)26(25-12)11-13-6-8-14(22)9-7-13/h2-10,27H,11H2,1H3,(H,23,28)(H,24,29). The van der Waals surface area contributed by atoms with Crippen LogP contribution in [0, 0.1) is 12.7 Å². The maximum Gasteiger partial charge on any atom is 0.279 e. The molecule has 2 heterocycles. The van der Waals surface area contributed by atoms with E-state index in [1.807, 2.05) is 6.92 Å². The number of aromatic nitrogens is 2. The van der Waals surface area contributed by atoms with Crippen LogP contribution >= 0.6 is 11.3 Å². The number of phenolic OH excluding ortho intramolecular Hbond substituents is 1. The van der Waals surface area contributed by atoms with Gasteiger partial charge < -0.3 is 5.11 Å². The summed E-state index contributed by atoms with van der Waals surface area (Å²) in [5.74, 6) is -1.59. The Labute approximate surface area is 174 Å². The van der Waals surface area contributed by atoms with Gasteiger partial charge in [0.2, 0.25) is 0 Å². The summed E-state index contributed by atoms with van der Waals surface area (Å²) in [4.78, 5) is 25.8. The maximum absolute atomic E-state index is 13.1. The van der Waals surface area contributed by atoms with Crippen molar-refractivity contribution in [2.24, 2.45) is 0 Å². The van der Waals surface area contributed by atoms with E-state index in [1.165, 1.54) is 35.6 Å². The highest BCUT2D eigenvalue weighted by molar-refractivity contribution is 7.20. The van der Waals surface area contributed by atoms with Gasteiger partial charge in [-0.15, -0.1) is 11.3 Å². The number of carbonyl (C=O) groups is 2. The molecule has 7 nitrogen and oxygen atoms in total. The van der Waals surface area contributed by atoms with Crippen LogP contribution in [0.25, 0.3) is 10.2 Å². The first-order valence-corrected chi connectivity index (χ1v) is 9.84. The van der Waals surface area contributed by atoms with Crippen LogP contribution in [0.3, 0.4) is 0 Å². The number of carbonyl (C=O) groups excluding carboxylic acids is 2. The number of fused-ring (bicyclic) bond motifs is 1. The number of halogens is 1. The first-order valence-electron chi connectivity index (χ1n) is 9.02. The van der Waals surface area contributed by atoms with E-state index in [4.69, 9.17) is 0 Å². The monoisotopic (exact) mass is 424 g/mol. The molecule has 2 amide bonds. The van der Waals surface area contributed by atoms with Crippen molar-refractivity contribution in [3.63, 3.8) is 0 Å². The lowest BCUT2D eigenvalue weighted by molar-refractivity contribution is 0.0847. The van der Waals surface area contributed by atoms with Crippen LogP contribution < -0.4 is 10.9 Å². The van der Waals surface area contributed by atoms with E-state index in [0.717, 1.165) is 21.5 Å². The van der Waals surface area contributed by atoms with Gasteiger partial charge >= 0.3 is 0 Å². The second kappa shape index (κ2) is 7.96. The quantitative estimate of drug-likeness (QED) is 0.438. The largest absolute Gasteiger partial charge is 0.507 e. The molecular formula is C21H17FN4O3S. The number of nitrogens with one attached hydrogen (secondary N) is 2. The van der Waals surface area contributed by atoms with Gasteiger partial charge in [-0.3, -0.25) is 25.1 Å². The molecule has 0 atom stereocenters. The number of amides is 2. The zero-order valence-corrected chi connectivity index (χ0v) is 16.7. The van der Waals surface area contributed by atoms with E-state index in [1.54, 1.807) is 35.0 Å². The fourth-order valence-corrected chi connectivity index (χ4v) is 4.06. The van der Waals surface area contributed by atoms with E-state index in [0.29, 0.717) is 11.4 Å². The maximum atomic E-state index is 13.1. The van der Waals surface area contributed by atoms with Crippen LogP contribution in [0.1, 0.15) is 31.3 Å². The number of para-hydroxylation sites is 1. The van der Waals surface area contributed by atoms with Crippen molar-refractivity contribution < 1.29 is 19.1 Å². The third-order valence-electron chi connectivity index (χ3n) is 4.52. The first kappa shape index (κ1) is 19.6. The second-order valence-corrected chi connectivity index (χ2v) is 7.66. The Balaban J connectivity index is 1.50. The SMILES string of the molecule is Cc1nn(Cc2ccc(F)cc2)c2sc(C(=O)NNC(=O)c3ccccc3O)cc12. The molecular weight excluding hydrogens is 407 g/mol. The smallest absolute Gasteiger partial charge is 0.279 e. The molecule has 0 fully saturated rings. The number of nitrogens with zero attached hydrogens (tertiary/aromatic N) is 2. The molecule has 0 unspecified atom stereocenters. The van der Waals surface area contributed by atoms with Crippen LogP contribution in [-0.4, -0.2) is 26.7 Å². The van der Waals surface area contributed by atoms with E-state index in [2.05, 4.69) is 16.0 Å². The molecule has 0 aliphatic carbocycles. The fourth-order valence-electron chi connectivity index (χ4n) is 3.00. The Bertz CT molecular complexity index is 1250. The lowest BCUT2D eigenvalue weighted by atomic mass is 10.2. The summed E-state index contributed by atoms with van der Waals surface area (Å²) in [7, 11) is 0. The number of hydrogen-bond acceptors (Lipinski definition) is 5. The van der Waals surface area contributed by atoms with Crippen molar-refractivity contribution in [3.8, 4) is 5.75 Å². The van der Waals surface area contributed by atoms with Crippen LogP contribution in [-0.2, 0) is 6.54 Å². The summed E-state index contributed by atoms with van der Waals surface area (Å²) in [6.07, 6.45) is 0. The highest BCUT2D eigenvalue weighted by atomic mass is 32.1. The molecule has 3 N–H and O–H groups in total. The molecule has 0 radical (unpaired) electrons. The molecule has 0 spiro atoms. The molecule has 0 bridgehead atoms. The van der Waals surface area contributed by atoms with Gasteiger partial charge in [0.1, 0.15) is 16.4 Å². The minimum absolute atomic E-state index is 0.0555. The number of rotatable bonds is 4. The fraction of sp³-hybridized carbons (Fsp3) is 0.0952. The predicted molar refractivity (Wildman–Crippen MR) is 111 cm³/mol. The molecule has 30 heavy (non-hydrogen) atoms. The van der Waals surface area contributed by atoms with Crippen LogP contribution in [0.2, 0.25) is 0 Å². The number of phenols is 1. The molecule has 2 aromatic carbocycles. The van der Waals surface area contributed by atoms with Crippen molar-refractivity contribution in [3.05, 3.63) is 82.1 Å². The minimum atomic E-state index is -0.624. The van der Waals surface area contributed by atoms with E-state index in [-0.39, 0.29) is 17.1 Å². The number of aryl methyl sites for hydroxylation is 1. The summed E-state index contributed by atoms with van der Waals surface area (Å²) in [6.45, 7) is 2.29. The molecule has 2 aromatic heterocycles. The Hall–Kier alpha value is -3.72. The number of hydrazine groups is 1. The zero-order chi connectivity index (χ0) is 21.3. The Morgan fingerprint density at radius 1 is 1.10 bits per heavy atom. The Kier molecular flexibility index (Phi) is 5.20. The van der Waals surface area contributed by atoms with Crippen LogP contribution in [0.15, 0.2) is 54.6 Å².